The van der Waals surface area contributed by atoms with Gasteiger partial charge in [-0.25, -0.2) is 0 Å². The number of nitrogens with zero attached hydrogens (tertiary/aromatic N) is 3. The lowest BCUT2D eigenvalue weighted by atomic mass is 10.2. The fourth-order valence-electron chi connectivity index (χ4n) is 1.20. The molecule has 0 bridgehead atoms. The van der Waals surface area contributed by atoms with Gasteiger partial charge in [-0.3, -0.25) is 4.79 Å². The highest BCUT2D eigenvalue weighted by Gasteiger charge is 2.17. The van der Waals surface area contributed by atoms with Crippen LogP contribution in [-0.2, 0) is 0 Å². The van der Waals surface area contributed by atoms with Crippen LogP contribution in [0.3, 0.4) is 0 Å². The second-order valence-electron chi connectivity index (χ2n) is 2.94. The first kappa shape index (κ1) is 9.78. The topological polar surface area (TPSA) is 80.9 Å². The van der Waals surface area contributed by atoms with Crippen molar-refractivity contribution in [1.82, 2.24) is 14.7 Å². The molecule has 6 nitrogen and oxygen atoms in total. The summed E-state index contributed by atoms with van der Waals surface area (Å²) in [5.74, 6) is 0.250. The van der Waals surface area contributed by atoms with Crippen LogP contribution in [0.15, 0.2) is 10.7 Å². The molecule has 0 unspecified atom stereocenters. The van der Waals surface area contributed by atoms with Gasteiger partial charge in [0.1, 0.15) is 16.3 Å². The van der Waals surface area contributed by atoms with Crippen molar-refractivity contribution in [3.63, 3.8) is 0 Å². The van der Waals surface area contributed by atoms with Crippen molar-refractivity contribution in [2.75, 3.05) is 5.32 Å². The van der Waals surface area contributed by atoms with Gasteiger partial charge < -0.3 is 9.84 Å². The molecular weight excluding hydrogens is 216 g/mol. The van der Waals surface area contributed by atoms with Gasteiger partial charge in [-0.05, 0) is 13.8 Å². The fourth-order valence-corrected chi connectivity index (χ4v) is 1.62. The highest BCUT2D eigenvalue weighted by Crippen LogP contribution is 2.16. The lowest BCUT2D eigenvalue weighted by Gasteiger charge is -1.99. The van der Waals surface area contributed by atoms with E-state index in [1.807, 2.05) is 0 Å². The molecule has 78 valence electrons. The predicted octanol–water partition coefficient (Wildman–Crippen LogP) is 1.40. The third-order valence-electron chi connectivity index (χ3n) is 1.86. The molecule has 0 saturated heterocycles. The Hall–Kier alpha value is -1.76. The van der Waals surface area contributed by atoms with Crippen molar-refractivity contribution in [2.24, 2.45) is 0 Å². The van der Waals surface area contributed by atoms with E-state index in [2.05, 4.69) is 20.1 Å². The van der Waals surface area contributed by atoms with E-state index < -0.39 is 0 Å². The zero-order valence-corrected chi connectivity index (χ0v) is 8.96. The number of anilines is 1. The van der Waals surface area contributed by atoms with E-state index in [0.29, 0.717) is 22.0 Å². The van der Waals surface area contributed by atoms with Crippen LogP contribution >= 0.6 is 11.5 Å². The molecule has 2 rings (SSSR count). The minimum absolute atomic E-state index is 0.252. The number of aryl methyl sites for hydroxylation is 2. The van der Waals surface area contributed by atoms with E-state index in [0.717, 1.165) is 11.5 Å². The van der Waals surface area contributed by atoms with Crippen LogP contribution in [-0.4, -0.2) is 20.7 Å². The third kappa shape index (κ3) is 1.86. The standard InChI is InChI=1S/C8H8N4O2S/c1-4-7(5(2)14-11-4)8(13)10-6-3-9-12-15-6/h3H,1-2H3,(H,10,13). The third-order valence-corrected chi connectivity index (χ3v) is 2.44. The molecule has 0 aliphatic carbocycles. The minimum Gasteiger partial charge on any atom is -0.361 e. The number of amides is 1. The lowest BCUT2D eigenvalue weighted by Crippen LogP contribution is -2.12. The average molecular weight is 224 g/mol. The molecule has 7 heteroatoms. The van der Waals surface area contributed by atoms with Gasteiger partial charge in [-0.15, -0.1) is 5.10 Å². The maximum atomic E-state index is 11.8. The van der Waals surface area contributed by atoms with Crippen LogP contribution in [0.4, 0.5) is 5.00 Å². The molecule has 1 amide bonds. The number of carbonyl (C=O) groups is 1. The zero-order valence-electron chi connectivity index (χ0n) is 8.14. The maximum absolute atomic E-state index is 11.8. The van der Waals surface area contributed by atoms with Crippen molar-refractivity contribution in [3.05, 3.63) is 23.2 Å². The largest absolute Gasteiger partial charge is 0.361 e. The van der Waals surface area contributed by atoms with E-state index in [1.165, 1.54) is 6.20 Å². The first-order valence-corrected chi connectivity index (χ1v) is 4.97. The van der Waals surface area contributed by atoms with Crippen molar-refractivity contribution in [3.8, 4) is 0 Å². The molecule has 0 atom stereocenters. The Morgan fingerprint density at radius 2 is 2.33 bits per heavy atom. The van der Waals surface area contributed by atoms with Gasteiger partial charge in [-0.1, -0.05) is 9.64 Å². The number of nitrogens with one attached hydrogen (secondary N) is 1. The highest BCUT2D eigenvalue weighted by atomic mass is 32.1. The Labute approximate surface area is 89.4 Å². The molecular formula is C8H8N4O2S. The van der Waals surface area contributed by atoms with Crippen molar-refractivity contribution < 1.29 is 9.32 Å². The molecule has 0 spiro atoms. The minimum atomic E-state index is -0.252. The summed E-state index contributed by atoms with van der Waals surface area (Å²) in [7, 11) is 0. The van der Waals surface area contributed by atoms with Crippen LogP contribution < -0.4 is 5.32 Å². The van der Waals surface area contributed by atoms with Gasteiger partial charge in [0.15, 0.2) is 0 Å². The Kier molecular flexibility index (Phi) is 2.46. The predicted molar refractivity (Wildman–Crippen MR) is 53.8 cm³/mol. The van der Waals surface area contributed by atoms with E-state index >= 15 is 0 Å². The molecule has 2 aromatic rings. The van der Waals surface area contributed by atoms with Crippen LogP contribution in [0.2, 0.25) is 0 Å². The van der Waals surface area contributed by atoms with Gasteiger partial charge in [0.05, 0.1) is 11.9 Å². The zero-order chi connectivity index (χ0) is 10.8. The molecule has 0 aliphatic heterocycles. The molecule has 15 heavy (non-hydrogen) atoms. The Bertz CT molecular complexity index is 457. The van der Waals surface area contributed by atoms with Crippen molar-refractivity contribution >= 4 is 22.4 Å². The second-order valence-corrected chi connectivity index (χ2v) is 3.72. The highest BCUT2D eigenvalue weighted by molar-refractivity contribution is 7.10. The molecule has 0 saturated carbocycles. The lowest BCUT2D eigenvalue weighted by molar-refractivity contribution is 0.102. The first-order chi connectivity index (χ1) is 7.18. The number of aromatic nitrogens is 3. The summed E-state index contributed by atoms with van der Waals surface area (Å²) in [6.45, 7) is 3.41. The summed E-state index contributed by atoms with van der Waals surface area (Å²) in [5.41, 5.74) is 1.03. The number of carbonyl (C=O) groups excluding carboxylic acids is 1. The normalized spacial score (nSPS) is 10.3. The number of hydrogen-bond acceptors (Lipinski definition) is 6. The second kappa shape index (κ2) is 3.77. The molecule has 0 radical (unpaired) electrons. The summed E-state index contributed by atoms with van der Waals surface area (Å²) < 4.78 is 8.54. The molecule has 0 aliphatic rings. The molecule has 2 aromatic heterocycles. The number of rotatable bonds is 2. The van der Waals surface area contributed by atoms with Crippen molar-refractivity contribution in [1.29, 1.82) is 0 Å². The van der Waals surface area contributed by atoms with E-state index in [9.17, 15) is 4.79 Å². The Morgan fingerprint density at radius 1 is 1.53 bits per heavy atom. The van der Waals surface area contributed by atoms with E-state index in [-0.39, 0.29) is 5.91 Å². The summed E-state index contributed by atoms with van der Waals surface area (Å²) in [4.78, 5) is 11.8. The van der Waals surface area contributed by atoms with Crippen LogP contribution in [0.5, 0.6) is 0 Å². The Balaban J connectivity index is 2.22. The monoisotopic (exact) mass is 224 g/mol. The van der Waals surface area contributed by atoms with E-state index in [4.69, 9.17) is 4.52 Å². The molecule has 2 heterocycles. The van der Waals surface area contributed by atoms with Crippen molar-refractivity contribution in [2.45, 2.75) is 13.8 Å². The Morgan fingerprint density at radius 3 is 2.87 bits per heavy atom. The quantitative estimate of drug-likeness (QED) is 0.833. The molecule has 0 aromatic carbocycles. The fraction of sp³-hybridized carbons (Fsp3) is 0.250. The smallest absolute Gasteiger partial charge is 0.261 e. The SMILES string of the molecule is Cc1noc(C)c1C(=O)Nc1cnns1. The molecule has 1 N–H and O–H groups in total. The van der Waals surface area contributed by atoms with Gasteiger partial charge in [0.25, 0.3) is 5.91 Å². The summed E-state index contributed by atoms with van der Waals surface area (Å²) in [5, 5.41) is 10.6. The molecule has 0 fully saturated rings. The van der Waals surface area contributed by atoms with Crippen LogP contribution in [0.1, 0.15) is 21.8 Å². The van der Waals surface area contributed by atoms with Gasteiger partial charge in [0.2, 0.25) is 0 Å². The van der Waals surface area contributed by atoms with Crippen LogP contribution in [0, 0.1) is 13.8 Å². The maximum Gasteiger partial charge on any atom is 0.261 e. The number of hydrogen-bond donors (Lipinski definition) is 1. The van der Waals surface area contributed by atoms with E-state index in [1.54, 1.807) is 13.8 Å². The van der Waals surface area contributed by atoms with Gasteiger partial charge in [-0.2, -0.15) is 0 Å². The summed E-state index contributed by atoms with van der Waals surface area (Å²) in [6.07, 6.45) is 1.49. The average Bonchev–Trinajstić information content (AvgIpc) is 2.77. The van der Waals surface area contributed by atoms with Gasteiger partial charge >= 0.3 is 0 Å². The first-order valence-electron chi connectivity index (χ1n) is 4.20. The summed E-state index contributed by atoms with van der Waals surface area (Å²) in [6, 6.07) is 0. The summed E-state index contributed by atoms with van der Waals surface area (Å²) >= 11 is 1.12. The van der Waals surface area contributed by atoms with Gasteiger partial charge in [0, 0.05) is 11.5 Å². The van der Waals surface area contributed by atoms with Crippen LogP contribution in [0.25, 0.3) is 0 Å².